The van der Waals surface area contributed by atoms with Gasteiger partial charge in [-0.25, -0.2) is 9.59 Å². The van der Waals surface area contributed by atoms with Crippen LogP contribution in [0.3, 0.4) is 0 Å². The Morgan fingerprint density at radius 3 is 1.26 bits per heavy atom. The minimum atomic E-state index is -2.19. The zero-order chi connectivity index (χ0) is 74.4. The number of esters is 2. The highest BCUT2D eigenvalue weighted by Crippen LogP contribution is 2.41. The van der Waals surface area contributed by atoms with Crippen LogP contribution in [0.1, 0.15) is 186 Å². The highest BCUT2D eigenvalue weighted by Gasteiger charge is 2.44. The van der Waals surface area contributed by atoms with E-state index in [9.17, 15) is 43.2 Å². The van der Waals surface area contributed by atoms with Crippen LogP contribution in [0, 0.1) is 35.5 Å². The van der Waals surface area contributed by atoms with E-state index in [-0.39, 0.29) is 113 Å². The topological polar surface area (TPSA) is 253 Å². The number of carbonyl (C=O) groups is 9. The number of unbranched alkanes of at least 4 members (excludes halogenated alkanes) is 2. The molecule has 2 aliphatic heterocycles. The Hall–Kier alpha value is -6.30. The minimum absolute atomic E-state index is 0.0178. The molecule has 3 N–H and O–H groups in total. The molecule has 2 heterocycles. The van der Waals surface area contributed by atoms with E-state index in [1.54, 1.807) is 76.7 Å². The van der Waals surface area contributed by atoms with Crippen molar-refractivity contribution in [1.29, 1.82) is 0 Å². The first-order valence-corrected chi connectivity index (χ1v) is 40.2. The maximum absolute atomic E-state index is 13.4. The van der Waals surface area contributed by atoms with Gasteiger partial charge in [-0.15, -0.1) is 32.9 Å². The summed E-state index contributed by atoms with van der Waals surface area (Å²) in [5.74, 6) is -4.56. The van der Waals surface area contributed by atoms with Crippen molar-refractivity contribution in [2.75, 3.05) is 14.2 Å². The largest absolute Gasteiger partial charge is 0.478 e. The number of Topliss-reactive ketones (excluding diaryl/α,β-unsaturated/α-hetero) is 2. The molecule has 0 saturated carbocycles. The van der Waals surface area contributed by atoms with Crippen molar-refractivity contribution in [3.8, 4) is 0 Å². The molecule has 0 aromatic carbocycles. The first kappa shape index (κ1) is 90.7. The number of hydrogen-bond acceptors (Lipinski definition) is 15. The van der Waals surface area contributed by atoms with Gasteiger partial charge in [0.15, 0.2) is 16.6 Å². The molecule has 97 heavy (non-hydrogen) atoms. The first-order chi connectivity index (χ1) is 45.2. The summed E-state index contributed by atoms with van der Waals surface area (Å²) in [5.41, 5.74) is 1.52. The smallest absolute Gasteiger partial charge is 0.331 e. The summed E-state index contributed by atoms with van der Waals surface area (Å²) in [7, 11) is -1.10. The van der Waals surface area contributed by atoms with E-state index in [0.29, 0.717) is 64.2 Å². The molecule has 10 atom stereocenters. The molecular weight excluding hydrogens is 1270 g/mol. The fourth-order valence-electron chi connectivity index (χ4n) is 10.7. The van der Waals surface area contributed by atoms with Crippen LogP contribution in [-0.2, 0) is 71.0 Å². The molecule has 0 aromatic rings. The first-order valence-electron chi connectivity index (χ1n) is 34.4. The summed E-state index contributed by atoms with van der Waals surface area (Å²) in [5, 5.41) is 12.7. The molecule has 2 rings (SSSR count). The maximum atomic E-state index is 13.4. The number of methoxy groups -OCH3 is 2. The third kappa shape index (κ3) is 35.4. The number of rotatable bonds is 42. The molecule has 4 amide bonds. The number of ketones is 2. The van der Waals surface area contributed by atoms with Gasteiger partial charge < -0.3 is 32.9 Å². The standard InChI is InChI=1S/2C35H57NO7Si.C7H10O2/c2*1-12-14-15-16-20-32(40)42-33(26(5)28(37)19-17-18-27-22-30(38)36-31(39)23-27)24(3)21-25(4)34(29(13-2)41-9)43-44(10,11)35(6,7)8;1-2-3-4-5-6-7(8)9/h12-13,16,20-21,25-27,29,33-34H,1-2,14-15,17-19,22-23H2,3-11H3,(H,36,38,39);12-13,15-16,21,25-27,29,33-34H,1-2,14,17-20,22-23H2,3-11H3,(H,36,38,39);2,5-6H,1,3-4H2,(H,8,9)/b20-16+,24-21-;16-15?,24-21-;6-5+/t2*25-,26-,29+,33?,34+;/m11./s1. The number of amides is 4. The van der Waals surface area contributed by atoms with Crippen LogP contribution in [0.2, 0.25) is 36.3 Å². The van der Waals surface area contributed by atoms with E-state index < -0.39 is 58.6 Å². The molecule has 2 unspecified atom stereocenters. The summed E-state index contributed by atoms with van der Waals surface area (Å²) >= 11 is 0. The molecule has 20 heteroatoms. The second-order valence-corrected chi connectivity index (χ2v) is 38.2. The maximum Gasteiger partial charge on any atom is 0.331 e. The van der Waals surface area contributed by atoms with Crippen LogP contribution in [0.15, 0.2) is 123 Å². The number of nitrogens with one attached hydrogen (secondary N) is 2. The minimum Gasteiger partial charge on any atom is -0.478 e. The van der Waals surface area contributed by atoms with Gasteiger partial charge in [0.05, 0.1) is 30.5 Å². The number of aliphatic carboxylic acids is 1. The monoisotopic (exact) mass is 1390 g/mol. The van der Waals surface area contributed by atoms with E-state index in [4.69, 9.17) is 32.9 Å². The number of hydrogen-bond donors (Lipinski definition) is 3. The van der Waals surface area contributed by atoms with E-state index in [2.05, 4.69) is 111 Å². The summed E-state index contributed by atoms with van der Waals surface area (Å²) in [6.45, 7) is 52.1. The van der Waals surface area contributed by atoms with E-state index in [1.165, 1.54) is 6.08 Å². The zero-order valence-corrected chi connectivity index (χ0v) is 64.4. The molecule has 2 fully saturated rings. The van der Waals surface area contributed by atoms with Gasteiger partial charge in [-0.1, -0.05) is 136 Å². The second kappa shape index (κ2) is 46.1. The average molecular weight is 1390 g/mol. The number of ether oxygens (including phenoxy) is 4. The number of imide groups is 2. The van der Waals surface area contributed by atoms with Gasteiger partial charge in [0.25, 0.3) is 0 Å². The summed E-state index contributed by atoms with van der Waals surface area (Å²) in [4.78, 5) is 109. The van der Waals surface area contributed by atoms with Crippen LogP contribution in [0.4, 0.5) is 0 Å². The Bertz CT molecular complexity index is 2730. The highest BCUT2D eigenvalue weighted by atomic mass is 28.4. The summed E-state index contributed by atoms with van der Waals surface area (Å²) in [6, 6.07) is 0. The third-order valence-electron chi connectivity index (χ3n) is 18.4. The number of allylic oxidation sites excluding steroid dienone is 6. The van der Waals surface area contributed by atoms with Crippen molar-refractivity contribution in [3.05, 3.63) is 123 Å². The lowest BCUT2D eigenvalue weighted by Crippen LogP contribution is -2.49. The SMILES string of the molecule is C=CCC/C=C/C(=O)O.C=CCC/C=C/C(=O)OC(/C(C)=C\[C@@H](C)[C@H](O[Si](C)(C)C(C)(C)C)[C@H](C=C)OC)[C@H](C)C(=O)CCCC1CC(=O)NC(=O)C1.C=CCC=CCC(=O)OC(/C(C)=C\[C@@H](C)[C@H](O[Si](C)(C)C(C)(C)C)[C@H](C=C)OC)[C@H](C)C(=O)CCCC1CC(=O)NC(=O)C1. The zero-order valence-electron chi connectivity index (χ0n) is 62.4. The highest BCUT2D eigenvalue weighted by molar-refractivity contribution is 6.74. The molecule has 0 radical (unpaired) electrons. The quantitative estimate of drug-likeness (QED) is 0.0128. The van der Waals surface area contributed by atoms with Crippen LogP contribution in [0.25, 0.3) is 0 Å². The van der Waals surface area contributed by atoms with Crippen molar-refractivity contribution in [2.24, 2.45) is 35.5 Å². The van der Waals surface area contributed by atoms with E-state index in [0.717, 1.165) is 36.5 Å². The number of carboxylic acid groups (broad SMARTS) is 1. The third-order valence-corrected chi connectivity index (χ3v) is 27.4. The Morgan fingerprint density at radius 2 is 0.928 bits per heavy atom. The lowest BCUT2D eigenvalue weighted by molar-refractivity contribution is -0.150. The molecule has 0 spiro atoms. The molecule has 0 aromatic heterocycles. The second-order valence-electron chi connectivity index (χ2n) is 28.7. The lowest BCUT2D eigenvalue weighted by Gasteiger charge is -2.42. The predicted octanol–water partition coefficient (Wildman–Crippen LogP) is 15.6. The normalized spacial score (nSPS) is 17.9. The van der Waals surface area contributed by atoms with Gasteiger partial charge >= 0.3 is 17.9 Å². The number of carbonyl (C=O) groups excluding carboxylic acids is 8. The molecule has 0 aliphatic carbocycles. The Balaban J connectivity index is 0.00000168. The predicted molar refractivity (Wildman–Crippen MR) is 393 cm³/mol. The van der Waals surface area contributed by atoms with E-state index in [1.807, 2.05) is 45.9 Å². The molecule has 546 valence electrons. The Kier molecular flexibility index (Phi) is 43.1. The summed E-state index contributed by atoms with van der Waals surface area (Å²) < 4.78 is 37.1. The molecule has 0 bridgehead atoms. The van der Waals surface area contributed by atoms with Gasteiger partial charge in [-0.3, -0.25) is 44.2 Å². The average Bonchev–Trinajstić information content (AvgIpc) is 0.819. The van der Waals surface area contributed by atoms with Crippen LogP contribution >= 0.6 is 0 Å². The number of carboxylic acids is 1. The van der Waals surface area contributed by atoms with Crippen molar-refractivity contribution in [2.45, 2.75) is 259 Å². The van der Waals surface area contributed by atoms with Gasteiger partial charge in [-0.2, -0.15) is 0 Å². The molecule has 2 saturated heterocycles. The number of piperidine rings is 2. The van der Waals surface area contributed by atoms with Gasteiger partial charge in [-0.05, 0) is 131 Å². The van der Waals surface area contributed by atoms with Crippen molar-refractivity contribution >= 4 is 69.7 Å². The lowest BCUT2D eigenvalue weighted by atomic mass is 9.86. The van der Waals surface area contributed by atoms with Crippen LogP contribution in [-0.4, -0.2) is 126 Å². The summed E-state index contributed by atoms with van der Waals surface area (Å²) in [6.07, 6.45) is 27.2. The van der Waals surface area contributed by atoms with Crippen molar-refractivity contribution in [3.63, 3.8) is 0 Å². The Morgan fingerprint density at radius 1 is 0.557 bits per heavy atom. The molecule has 2 aliphatic rings. The van der Waals surface area contributed by atoms with Gasteiger partial charge in [0.1, 0.15) is 36.0 Å². The van der Waals surface area contributed by atoms with Crippen molar-refractivity contribution < 1.29 is 76.1 Å². The fraction of sp³-hybridized carbons (Fsp3) is 0.623. The van der Waals surface area contributed by atoms with Crippen LogP contribution < -0.4 is 10.6 Å². The molecular formula is C77H124N2O16Si2. The van der Waals surface area contributed by atoms with E-state index >= 15 is 0 Å². The van der Waals surface area contributed by atoms with Crippen molar-refractivity contribution in [1.82, 2.24) is 10.6 Å². The fourth-order valence-corrected chi connectivity index (χ4v) is 13.4. The Labute approximate surface area is 585 Å². The van der Waals surface area contributed by atoms with Crippen LogP contribution in [0.5, 0.6) is 0 Å². The van der Waals surface area contributed by atoms with Gasteiger partial charge in [0.2, 0.25) is 23.6 Å². The molecule has 18 nitrogen and oxygen atoms in total. The van der Waals surface area contributed by atoms with Gasteiger partial charge in [0, 0.05) is 76.7 Å².